The van der Waals surface area contributed by atoms with Crippen molar-refractivity contribution >= 4 is 52.9 Å². The molecule has 0 unspecified atom stereocenters. The van der Waals surface area contributed by atoms with E-state index < -0.39 is 40.3 Å². The van der Waals surface area contributed by atoms with Gasteiger partial charge in [-0.2, -0.15) is 0 Å². The number of halogens is 3. The minimum Gasteiger partial charge on any atom is -0.445 e. The molecular weight excluding hydrogens is 433 g/mol. The van der Waals surface area contributed by atoms with Crippen LogP contribution in [-0.4, -0.2) is 65.2 Å². The Balaban J connectivity index is 2.80. The summed E-state index contributed by atoms with van der Waals surface area (Å²) in [5, 5.41) is 5.41. The number of amides is 3. The lowest BCUT2D eigenvalue weighted by atomic mass is 9.81. The molecule has 0 heterocycles. The van der Waals surface area contributed by atoms with Gasteiger partial charge in [0, 0.05) is 20.0 Å². The van der Waals surface area contributed by atoms with Crippen LogP contribution in [0, 0.1) is 5.92 Å². The fraction of sp³-hybridized carbons (Fsp3) is 0.824. The number of nitrogens with zero attached hydrogens (tertiary/aromatic N) is 1. The number of hydrogen-bond donors (Lipinski definition) is 2. The molecule has 0 saturated heterocycles. The van der Waals surface area contributed by atoms with Crippen LogP contribution in [0.25, 0.3) is 0 Å². The van der Waals surface area contributed by atoms with Gasteiger partial charge in [-0.05, 0) is 40.0 Å². The first kappa shape index (κ1) is 24.9. The van der Waals surface area contributed by atoms with Crippen molar-refractivity contribution in [2.45, 2.75) is 61.5 Å². The number of carbonyl (C=O) groups excluding carboxylic acids is 3. The van der Waals surface area contributed by atoms with E-state index >= 15 is 0 Å². The van der Waals surface area contributed by atoms with Gasteiger partial charge in [-0.3, -0.25) is 4.79 Å². The quantitative estimate of drug-likeness (QED) is 0.628. The van der Waals surface area contributed by atoms with Gasteiger partial charge in [0.05, 0.1) is 12.1 Å². The molecule has 3 amide bonds. The minimum atomic E-state index is -1.72. The molecule has 1 fully saturated rings. The van der Waals surface area contributed by atoms with Crippen molar-refractivity contribution in [1.82, 2.24) is 15.5 Å². The Morgan fingerprint density at radius 2 is 1.57 bits per heavy atom. The van der Waals surface area contributed by atoms with Gasteiger partial charge >= 0.3 is 12.2 Å². The lowest BCUT2D eigenvalue weighted by Crippen LogP contribution is -2.56. The summed E-state index contributed by atoms with van der Waals surface area (Å²) in [6, 6.07) is -0.973. The van der Waals surface area contributed by atoms with Gasteiger partial charge in [-0.15, -0.1) is 0 Å². The summed E-state index contributed by atoms with van der Waals surface area (Å²) >= 11 is 16.7. The van der Waals surface area contributed by atoms with E-state index in [-0.39, 0.29) is 11.8 Å². The van der Waals surface area contributed by atoms with Crippen LogP contribution in [0.15, 0.2) is 0 Å². The summed E-state index contributed by atoms with van der Waals surface area (Å²) in [6.07, 6.45) is -0.0281. The molecule has 0 aromatic heterocycles. The Morgan fingerprint density at radius 3 is 2.07 bits per heavy atom. The number of alkyl carbamates (subject to hydrolysis) is 2. The Kier molecular flexibility index (Phi) is 8.96. The van der Waals surface area contributed by atoms with Crippen LogP contribution in [0.5, 0.6) is 0 Å². The van der Waals surface area contributed by atoms with Crippen molar-refractivity contribution < 1.29 is 23.9 Å². The van der Waals surface area contributed by atoms with Crippen molar-refractivity contribution in [3.63, 3.8) is 0 Å². The fourth-order valence-corrected chi connectivity index (χ4v) is 3.06. The minimum absolute atomic E-state index is 0.0341. The zero-order valence-corrected chi connectivity index (χ0v) is 19.0. The molecule has 2 N–H and O–H groups in total. The molecule has 0 aromatic carbocycles. The van der Waals surface area contributed by atoms with E-state index in [0.717, 1.165) is 0 Å². The molecular formula is C17H28Cl3N3O5. The zero-order valence-electron chi connectivity index (χ0n) is 16.7. The topological polar surface area (TPSA) is 97.0 Å². The summed E-state index contributed by atoms with van der Waals surface area (Å²) < 4.78 is 8.46. The highest BCUT2D eigenvalue weighted by molar-refractivity contribution is 6.67. The number of carbonyl (C=O) groups is 3. The third-order valence-electron chi connectivity index (χ3n) is 4.01. The highest BCUT2D eigenvalue weighted by Crippen LogP contribution is 2.28. The van der Waals surface area contributed by atoms with Crippen molar-refractivity contribution in [2.24, 2.45) is 5.92 Å². The Bertz CT molecular complexity index is 575. The number of hydrogen-bond acceptors (Lipinski definition) is 5. The summed E-state index contributed by atoms with van der Waals surface area (Å²) in [4.78, 5) is 38.1. The highest BCUT2D eigenvalue weighted by atomic mass is 35.6. The smallest absolute Gasteiger partial charge is 0.407 e. The number of nitrogens with one attached hydrogen (secondary N) is 2. The van der Waals surface area contributed by atoms with Crippen LogP contribution in [-0.2, 0) is 14.3 Å². The Morgan fingerprint density at radius 1 is 1.00 bits per heavy atom. The lowest BCUT2D eigenvalue weighted by molar-refractivity contribution is -0.134. The third kappa shape index (κ3) is 9.39. The van der Waals surface area contributed by atoms with Crippen molar-refractivity contribution in [2.75, 3.05) is 20.7 Å². The number of ether oxygens (including phenoxy) is 2. The molecule has 1 aliphatic rings. The first-order chi connectivity index (χ1) is 12.7. The molecule has 0 radical (unpaired) electrons. The molecule has 0 aromatic rings. The van der Waals surface area contributed by atoms with Crippen LogP contribution >= 0.6 is 34.8 Å². The van der Waals surface area contributed by atoms with E-state index in [2.05, 4.69) is 10.6 Å². The number of rotatable bonds is 4. The van der Waals surface area contributed by atoms with E-state index in [1.165, 1.54) is 4.90 Å². The van der Waals surface area contributed by atoms with Crippen LogP contribution < -0.4 is 10.6 Å². The second-order valence-electron chi connectivity index (χ2n) is 7.94. The summed E-state index contributed by atoms with van der Waals surface area (Å²) in [5.74, 6) is -0.307. The van der Waals surface area contributed by atoms with Crippen molar-refractivity contribution in [3.05, 3.63) is 0 Å². The zero-order chi connectivity index (χ0) is 21.7. The average molecular weight is 461 g/mol. The van der Waals surface area contributed by atoms with Gasteiger partial charge in [-0.1, -0.05) is 34.8 Å². The average Bonchev–Trinajstić information content (AvgIpc) is 2.51. The van der Waals surface area contributed by atoms with E-state index in [4.69, 9.17) is 44.3 Å². The van der Waals surface area contributed by atoms with Crippen LogP contribution in [0.2, 0.25) is 0 Å². The molecule has 8 nitrogen and oxygen atoms in total. The van der Waals surface area contributed by atoms with Gasteiger partial charge < -0.3 is 25.0 Å². The van der Waals surface area contributed by atoms with Crippen molar-refractivity contribution in [3.8, 4) is 0 Å². The van der Waals surface area contributed by atoms with Crippen LogP contribution in [0.3, 0.4) is 0 Å². The molecule has 1 aliphatic carbocycles. The van der Waals surface area contributed by atoms with E-state index in [9.17, 15) is 14.4 Å². The molecule has 0 aliphatic heterocycles. The van der Waals surface area contributed by atoms with Crippen molar-refractivity contribution in [1.29, 1.82) is 0 Å². The maximum absolute atomic E-state index is 12.3. The lowest BCUT2D eigenvalue weighted by Gasteiger charge is -2.37. The second kappa shape index (κ2) is 10.1. The SMILES string of the molecule is CN(C)C(=O)[C@H]1CC[C@H](NC(=O)OCC(Cl)(Cl)Cl)[C@H](NC(=O)OC(C)(C)C)C1. The van der Waals surface area contributed by atoms with E-state index in [0.29, 0.717) is 19.3 Å². The monoisotopic (exact) mass is 459 g/mol. The van der Waals surface area contributed by atoms with Gasteiger partial charge in [0.2, 0.25) is 9.70 Å². The van der Waals surface area contributed by atoms with Gasteiger partial charge in [-0.25, -0.2) is 9.59 Å². The maximum Gasteiger partial charge on any atom is 0.407 e. The molecule has 0 bridgehead atoms. The van der Waals surface area contributed by atoms with E-state index in [1.54, 1.807) is 34.9 Å². The standard InChI is InChI=1S/C17H28Cl3N3O5/c1-16(2,3)28-15(26)22-12-8-10(13(24)23(4)5)6-7-11(12)21-14(25)27-9-17(18,19)20/h10-12H,6-9H2,1-5H3,(H,21,25)(H,22,26)/t10-,11-,12+/m0/s1. The van der Waals surface area contributed by atoms with Crippen LogP contribution in [0.1, 0.15) is 40.0 Å². The summed E-state index contributed by atoms with van der Waals surface area (Å²) in [5.41, 5.74) is -0.677. The number of alkyl halides is 3. The Labute approximate surface area is 180 Å². The molecule has 0 spiro atoms. The third-order valence-corrected chi connectivity index (χ3v) is 4.34. The molecule has 162 valence electrons. The van der Waals surface area contributed by atoms with Gasteiger partial charge in [0.1, 0.15) is 12.2 Å². The fourth-order valence-electron chi connectivity index (χ4n) is 2.89. The first-order valence-electron chi connectivity index (χ1n) is 8.88. The summed E-state index contributed by atoms with van der Waals surface area (Å²) in [6.45, 7) is 4.82. The predicted molar refractivity (Wildman–Crippen MR) is 108 cm³/mol. The first-order valence-corrected chi connectivity index (χ1v) is 10.0. The largest absolute Gasteiger partial charge is 0.445 e. The molecule has 3 atom stereocenters. The normalized spacial score (nSPS) is 22.8. The molecule has 11 heteroatoms. The highest BCUT2D eigenvalue weighted by Gasteiger charge is 2.37. The second-order valence-corrected chi connectivity index (χ2v) is 10.5. The molecule has 1 rings (SSSR count). The molecule has 1 saturated carbocycles. The van der Waals surface area contributed by atoms with Crippen LogP contribution in [0.4, 0.5) is 9.59 Å². The Hall–Kier alpha value is -1.12. The predicted octanol–water partition coefficient (Wildman–Crippen LogP) is 3.23. The maximum atomic E-state index is 12.3. The van der Waals surface area contributed by atoms with Gasteiger partial charge in [0.15, 0.2) is 0 Å². The van der Waals surface area contributed by atoms with Gasteiger partial charge in [0.25, 0.3) is 0 Å². The molecule has 28 heavy (non-hydrogen) atoms. The van der Waals surface area contributed by atoms with E-state index in [1.807, 2.05) is 0 Å². The summed E-state index contributed by atoms with van der Waals surface area (Å²) in [7, 11) is 3.36.